The van der Waals surface area contributed by atoms with Crippen LogP contribution in [0.2, 0.25) is 0 Å². The van der Waals surface area contributed by atoms with Crippen molar-refractivity contribution in [2.75, 3.05) is 23.7 Å². The van der Waals surface area contributed by atoms with Crippen LogP contribution >= 0.6 is 0 Å². The molecule has 2 aromatic rings. The Hall–Kier alpha value is -2.87. The van der Waals surface area contributed by atoms with Gasteiger partial charge in [-0.2, -0.15) is 0 Å². The molecular formula is C24H33N3O4S. The Balaban J connectivity index is 2.43. The molecule has 0 heterocycles. The minimum atomic E-state index is -3.74. The van der Waals surface area contributed by atoms with Crippen molar-refractivity contribution in [3.63, 3.8) is 0 Å². The first-order valence-corrected chi connectivity index (χ1v) is 12.5. The molecule has 1 N–H and O–H groups in total. The van der Waals surface area contributed by atoms with Crippen LogP contribution < -0.4 is 9.62 Å². The molecule has 0 aliphatic rings. The van der Waals surface area contributed by atoms with Crippen LogP contribution in [0.5, 0.6) is 0 Å². The summed E-state index contributed by atoms with van der Waals surface area (Å²) in [6, 6.07) is 12.3. The summed E-state index contributed by atoms with van der Waals surface area (Å²) in [6.07, 6.45) is 1.08. The molecule has 0 spiro atoms. The maximum Gasteiger partial charge on any atom is 0.244 e. The molecule has 0 saturated carbocycles. The molecular weight excluding hydrogens is 426 g/mol. The molecule has 0 saturated heterocycles. The maximum absolute atomic E-state index is 13.4. The van der Waals surface area contributed by atoms with Crippen LogP contribution in [0.25, 0.3) is 0 Å². The fourth-order valence-electron chi connectivity index (χ4n) is 3.51. The second kappa shape index (κ2) is 10.6. The number of hydrogen-bond donors (Lipinski definition) is 1. The highest BCUT2D eigenvalue weighted by molar-refractivity contribution is 7.92. The van der Waals surface area contributed by atoms with E-state index in [2.05, 4.69) is 5.32 Å². The van der Waals surface area contributed by atoms with Crippen molar-refractivity contribution in [2.24, 2.45) is 0 Å². The van der Waals surface area contributed by atoms with E-state index in [1.165, 1.54) is 4.90 Å². The lowest BCUT2D eigenvalue weighted by Gasteiger charge is -2.32. The summed E-state index contributed by atoms with van der Waals surface area (Å²) in [5.41, 5.74) is 4.08. The van der Waals surface area contributed by atoms with Crippen molar-refractivity contribution in [1.29, 1.82) is 0 Å². The van der Waals surface area contributed by atoms with E-state index in [1.54, 1.807) is 19.1 Å². The Morgan fingerprint density at radius 3 is 2.31 bits per heavy atom. The second-order valence-electron chi connectivity index (χ2n) is 8.07. The summed E-state index contributed by atoms with van der Waals surface area (Å²) in [6.45, 7) is 9.38. The predicted molar refractivity (Wildman–Crippen MR) is 128 cm³/mol. The number of sulfonamides is 1. The van der Waals surface area contributed by atoms with Crippen LogP contribution in [0.4, 0.5) is 5.69 Å². The zero-order chi connectivity index (χ0) is 24.1. The number of anilines is 1. The highest BCUT2D eigenvalue weighted by Gasteiger charge is 2.30. The maximum atomic E-state index is 13.4. The molecule has 7 nitrogen and oxygen atoms in total. The molecule has 0 aromatic heterocycles. The molecule has 0 aliphatic heterocycles. The number of rotatable bonds is 9. The van der Waals surface area contributed by atoms with Crippen molar-refractivity contribution >= 4 is 27.5 Å². The first-order chi connectivity index (χ1) is 15.0. The van der Waals surface area contributed by atoms with E-state index in [9.17, 15) is 18.0 Å². The standard InChI is InChI=1S/C24H33N3O4S/c1-7-25-24(29)20(5)26(15-21-12-8-10-17(2)14-21)23(28)16-27(32(6,30)31)22-13-9-11-18(3)19(22)4/h8-14,20H,7,15-16H2,1-6H3,(H,25,29)/t20-/m1/s1. The quantitative estimate of drug-likeness (QED) is 0.625. The third kappa shape index (κ3) is 6.32. The first-order valence-electron chi connectivity index (χ1n) is 10.6. The largest absolute Gasteiger partial charge is 0.355 e. The van der Waals surface area contributed by atoms with Crippen molar-refractivity contribution in [1.82, 2.24) is 10.2 Å². The Morgan fingerprint density at radius 2 is 1.72 bits per heavy atom. The van der Waals surface area contributed by atoms with E-state index in [1.807, 2.05) is 58.0 Å². The van der Waals surface area contributed by atoms with Crippen LogP contribution in [0.1, 0.15) is 36.1 Å². The average molecular weight is 460 g/mol. The Morgan fingerprint density at radius 1 is 1.06 bits per heavy atom. The first kappa shape index (κ1) is 25.4. The van der Waals surface area contributed by atoms with E-state index in [-0.39, 0.29) is 12.5 Å². The van der Waals surface area contributed by atoms with Gasteiger partial charge >= 0.3 is 0 Å². The van der Waals surface area contributed by atoms with Gasteiger partial charge in [-0.15, -0.1) is 0 Å². The van der Waals surface area contributed by atoms with Crippen molar-refractivity contribution in [3.05, 3.63) is 64.7 Å². The van der Waals surface area contributed by atoms with Crippen LogP contribution in [-0.2, 0) is 26.2 Å². The van der Waals surface area contributed by atoms with Crippen molar-refractivity contribution in [3.8, 4) is 0 Å². The van der Waals surface area contributed by atoms with E-state index < -0.39 is 28.5 Å². The number of carbonyl (C=O) groups is 2. The highest BCUT2D eigenvalue weighted by atomic mass is 32.2. The number of nitrogens with zero attached hydrogens (tertiary/aromatic N) is 2. The van der Waals surface area contributed by atoms with Gasteiger partial charge in [0.15, 0.2) is 0 Å². The number of amides is 2. The van der Waals surface area contributed by atoms with Gasteiger partial charge < -0.3 is 10.2 Å². The molecule has 0 unspecified atom stereocenters. The number of benzene rings is 2. The lowest BCUT2D eigenvalue weighted by atomic mass is 10.1. The number of aryl methyl sites for hydroxylation is 2. The molecule has 2 rings (SSSR count). The zero-order valence-corrected chi connectivity index (χ0v) is 20.5. The molecule has 0 fully saturated rings. The summed E-state index contributed by atoms with van der Waals surface area (Å²) in [7, 11) is -3.74. The topological polar surface area (TPSA) is 86.8 Å². The van der Waals surface area contributed by atoms with Crippen LogP contribution in [0.15, 0.2) is 42.5 Å². The van der Waals surface area contributed by atoms with Crippen LogP contribution in [0.3, 0.4) is 0 Å². The SMILES string of the molecule is CCNC(=O)[C@@H](C)N(Cc1cccc(C)c1)C(=O)CN(c1cccc(C)c1C)S(C)(=O)=O. The minimum absolute atomic E-state index is 0.198. The van der Waals surface area contributed by atoms with Gasteiger partial charge in [-0.25, -0.2) is 8.42 Å². The molecule has 8 heteroatoms. The summed E-state index contributed by atoms with van der Waals surface area (Å²) < 4.78 is 26.4. The van der Waals surface area contributed by atoms with Crippen LogP contribution in [0, 0.1) is 20.8 Å². The number of nitrogens with one attached hydrogen (secondary N) is 1. The molecule has 0 aliphatic carbocycles. The van der Waals surface area contributed by atoms with Gasteiger partial charge in [0.05, 0.1) is 11.9 Å². The zero-order valence-electron chi connectivity index (χ0n) is 19.7. The number of hydrogen-bond acceptors (Lipinski definition) is 4. The number of likely N-dealkylation sites (N-methyl/N-ethyl adjacent to an activating group) is 1. The fraction of sp³-hybridized carbons (Fsp3) is 0.417. The second-order valence-corrected chi connectivity index (χ2v) is 9.98. The van der Waals surface area contributed by atoms with E-state index in [0.717, 1.165) is 32.8 Å². The van der Waals surface area contributed by atoms with Gasteiger partial charge in [-0.1, -0.05) is 42.0 Å². The van der Waals surface area contributed by atoms with E-state index in [0.29, 0.717) is 12.2 Å². The van der Waals surface area contributed by atoms with Crippen molar-refractivity contribution < 1.29 is 18.0 Å². The Bertz CT molecular complexity index is 1080. The average Bonchev–Trinajstić information content (AvgIpc) is 2.71. The third-order valence-corrected chi connectivity index (χ3v) is 6.60. The highest BCUT2D eigenvalue weighted by Crippen LogP contribution is 2.25. The van der Waals surface area contributed by atoms with Crippen LogP contribution in [-0.4, -0.2) is 50.5 Å². The molecule has 32 heavy (non-hydrogen) atoms. The van der Waals surface area contributed by atoms with Gasteiger partial charge in [0.2, 0.25) is 21.8 Å². The van der Waals surface area contributed by atoms with Gasteiger partial charge in [-0.3, -0.25) is 13.9 Å². The summed E-state index contributed by atoms with van der Waals surface area (Å²) >= 11 is 0. The Kier molecular flexibility index (Phi) is 8.44. The molecule has 0 radical (unpaired) electrons. The summed E-state index contributed by atoms with van der Waals surface area (Å²) in [4.78, 5) is 27.4. The van der Waals surface area contributed by atoms with E-state index >= 15 is 0 Å². The van der Waals surface area contributed by atoms with Crippen molar-refractivity contribution in [2.45, 2.75) is 47.2 Å². The summed E-state index contributed by atoms with van der Waals surface area (Å²) in [5, 5.41) is 2.74. The monoisotopic (exact) mass is 459 g/mol. The van der Waals surface area contributed by atoms with Gasteiger partial charge in [0.1, 0.15) is 12.6 Å². The lowest BCUT2D eigenvalue weighted by molar-refractivity contribution is -0.139. The smallest absolute Gasteiger partial charge is 0.244 e. The van der Waals surface area contributed by atoms with E-state index in [4.69, 9.17) is 0 Å². The lowest BCUT2D eigenvalue weighted by Crippen LogP contribution is -2.51. The summed E-state index contributed by atoms with van der Waals surface area (Å²) in [5.74, 6) is -0.734. The van der Waals surface area contributed by atoms with Gasteiger partial charge in [0.25, 0.3) is 0 Å². The molecule has 174 valence electrons. The molecule has 2 aromatic carbocycles. The third-order valence-electron chi connectivity index (χ3n) is 5.48. The number of carbonyl (C=O) groups excluding carboxylic acids is 2. The predicted octanol–water partition coefficient (Wildman–Crippen LogP) is 2.93. The molecule has 2 amide bonds. The minimum Gasteiger partial charge on any atom is -0.355 e. The Labute approximate surface area is 191 Å². The molecule has 1 atom stereocenters. The normalized spacial score (nSPS) is 12.2. The van der Waals surface area contributed by atoms with Gasteiger partial charge in [0, 0.05) is 13.1 Å². The fourth-order valence-corrected chi connectivity index (χ4v) is 4.41. The molecule has 0 bridgehead atoms. The van der Waals surface area contributed by atoms with Gasteiger partial charge in [-0.05, 0) is 57.4 Å².